The van der Waals surface area contributed by atoms with E-state index >= 15 is 0 Å². The van der Waals surface area contributed by atoms with Crippen LogP contribution in [0.15, 0.2) is 46.4 Å². The van der Waals surface area contributed by atoms with Crippen LogP contribution in [0.1, 0.15) is 36.5 Å². The van der Waals surface area contributed by atoms with Crippen LogP contribution in [0.25, 0.3) is 0 Å². The van der Waals surface area contributed by atoms with Gasteiger partial charge in [-0.05, 0) is 23.6 Å². The van der Waals surface area contributed by atoms with Crippen LogP contribution in [0.3, 0.4) is 0 Å². The second kappa shape index (κ2) is 6.34. The van der Waals surface area contributed by atoms with Crippen molar-refractivity contribution in [2.75, 3.05) is 6.54 Å². The molecule has 0 saturated carbocycles. The Bertz CT molecular complexity index is 806. The van der Waals surface area contributed by atoms with Crippen molar-refractivity contribution >= 4 is 40.4 Å². The summed E-state index contributed by atoms with van der Waals surface area (Å²) in [6.45, 7) is 4.65. The lowest BCUT2D eigenvalue weighted by atomic mass is 9.96. The van der Waals surface area contributed by atoms with Gasteiger partial charge in [-0.25, -0.2) is 4.99 Å². The number of benzene rings is 2. The molecule has 0 unspecified atom stereocenters. The minimum absolute atomic E-state index is 0.322. The van der Waals surface area contributed by atoms with Gasteiger partial charge in [0.2, 0.25) is 0 Å². The number of nitrogens with zero attached hydrogens (tertiary/aromatic N) is 2. The number of hydrogen-bond donors (Lipinski definition) is 1. The van der Waals surface area contributed by atoms with Crippen LogP contribution in [-0.2, 0) is 0 Å². The molecule has 5 heteroatoms. The Balaban J connectivity index is 2.17. The molecule has 3 rings (SSSR count). The third-order valence-corrected chi connectivity index (χ3v) is 4.44. The molecule has 1 aliphatic rings. The fourth-order valence-corrected chi connectivity index (χ4v) is 3.00. The zero-order valence-electron chi connectivity index (χ0n) is 13.0. The number of amidine groups is 1. The summed E-state index contributed by atoms with van der Waals surface area (Å²) in [4.78, 5) is 8.99. The summed E-state index contributed by atoms with van der Waals surface area (Å²) in [6, 6.07) is 11.8. The molecule has 2 N–H and O–H groups in total. The van der Waals surface area contributed by atoms with Gasteiger partial charge in [0.15, 0.2) is 0 Å². The van der Waals surface area contributed by atoms with E-state index in [0.29, 0.717) is 34.0 Å². The lowest BCUT2D eigenvalue weighted by Gasteiger charge is -2.13. The van der Waals surface area contributed by atoms with Gasteiger partial charge < -0.3 is 5.73 Å². The van der Waals surface area contributed by atoms with Crippen molar-refractivity contribution in [2.24, 2.45) is 15.7 Å². The van der Waals surface area contributed by atoms with Crippen molar-refractivity contribution in [3.63, 3.8) is 0 Å². The number of nitrogens with two attached hydrogens (primary N) is 1. The van der Waals surface area contributed by atoms with Gasteiger partial charge in [0, 0.05) is 11.1 Å². The predicted molar refractivity (Wildman–Crippen MR) is 98.8 cm³/mol. The summed E-state index contributed by atoms with van der Waals surface area (Å²) in [5, 5.41) is 1.08. The average Bonchev–Trinajstić information content (AvgIpc) is 2.71. The van der Waals surface area contributed by atoms with Crippen LogP contribution < -0.4 is 5.73 Å². The van der Waals surface area contributed by atoms with Gasteiger partial charge >= 0.3 is 0 Å². The van der Waals surface area contributed by atoms with E-state index in [-0.39, 0.29) is 0 Å². The molecule has 1 aliphatic heterocycles. The van der Waals surface area contributed by atoms with E-state index in [1.54, 1.807) is 12.1 Å². The Morgan fingerprint density at radius 3 is 2.30 bits per heavy atom. The molecule has 0 aliphatic carbocycles. The van der Waals surface area contributed by atoms with E-state index in [1.165, 1.54) is 5.56 Å². The van der Waals surface area contributed by atoms with Gasteiger partial charge in [0.25, 0.3) is 0 Å². The van der Waals surface area contributed by atoms with Gasteiger partial charge in [-0.15, -0.1) is 0 Å². The van der Waals surface area contributed by atoms with E-state index < -0.39 is 0 Å². The number of aliphatic imine (C=N–C) groups is 2. The molecule has 3 nitrogen and oxygen atoms in total. The van der Waals surface area contributed by atoms with Gasteiger partial charge in [-0.3, -0.25) is 4.99 Å². The maximum atomic E-state index is 6.41. The van der Waals surface area contributed by atoms with E-state index in [2.05, 4.69) is 48.1 Å². The summed E-state index contributed by atoms with van der Waals surface area (Å²) in [6.07, 6.45) is 0. The van der Waals surface area contributed by atoms with Crippen LogP contribution in [0.4, 0.5) is 5.69 Å². The van der Waals surface area contributed by atoms with Crippen molar-refractivity contribution in [1.82, 2.24) is 0 Å². The third-order valence-electron chi connectivity index (χ3n) is 3.82. The smallest absolute Gasteiger partial charge is 0.121 e. The van der Waals surface area contributed by atoms with E-state index in [0.717, 1.165) is 16.8 Å². The molecule has 0 fully saturated rings. The summed E-state index contributed by atoms with van der Waals surface area (Å²) in [7, 11) is 0. The van der Waals surface area contributed by atoms with Crippen molar-refractivity contribution < 1.29 is 0 Å². The fourth-order valence-electron chi connectivity index (χ4n) is 2.56. The molecule has 23 heavy (non-hydrogen) atoms. The summed E-state index contributed by atoms with van der Waals surface area (Å²) in [5.74, 6) is 0.897. The molecule has 0 bridgehead atoms. The summed E-state index contributed by atoms with van der Waals surface area (Å²) in [5.41, 5.74) is 10.3. The first-order valence-corrected chi connectivity index (χ1v) is 8.19. The molecular weight excluding hydrogens is 329 g/mol. The molecule has 2 aromatic carbocycles. The monoisotopic (exact) mass is 345 g/mol. The highest BCUT2D eigenvalue weighted by molar-refractivity contribution is 6.40. The van der Waals surface area contributed by atoms with Gasteiger partial charge in [-0.1, -0.05) is 61.3 Å². The van der Waals surface area contributed by atoms with Crippen molar-refractivity contribution in [1.29, 1.82) is 0 Å². The number of halogens is 2. The number of rotatable bonds is 2. The molecule has 118 valence electrons. The first-order chi connectivity index (χ1) is 11.0. The van der Waals surface area contributed by atoms with Gasteiger partial charge in [-0.2, -0.15) is 0 Å². The van der Waals surface area contributed by atoms with Crippen LogP contribution in [0, 0.1) is 0 Å². The Hall–Kier alpha value is -1.84. The Labute approximate surface area is 145 Å². The van der Waals surface area contributed by atoms with E-state index in [4.69, 9.17) is 28.9 Å². The topological polar surface area (TPSA) is 50.7 Å². The average molecular weight is 346 g/mol. The summed E-state index contributed by atoms with van der Waals surface area (Å²) >= 11 is 12.7. The quantitative estimate of drug-likeness (QED) is 0.821. The fraction of sp³-hybridized carbons (Fsp3) is 0.222. The predicted octanol–water partition coefficient (Wildman–Crippen LogP) is 4.96. The van der Waals surface area contributed by atoms with Crippen molar-refractivity contribution in [2.45, 2.75) is 19.8 Å². The van der Waals surface area contributed by atoms with E-state index in [9.17, 15) is 0 Å². The molecule has 0 amide bonds. The van der Waals surface area contributed by atoms with Crippen LogP contribution in [0.5, 0.6) is 0 Å². The zero-order chi connectivity index (χ0) is 16.6. The molecular formula is C18H17Cl2N3. The minimum atomic E-state index is 0.322. The zero-order valence-corrected chi connectivity index (χ0v) is 14.5. The number of hydrogen-bond acceptors (Lipinski definition) is 3. The lowest BCUT2D eigenvalue weighted by molar-refractivity contribution is 0.866. The maximum absolute atomic E-state index is 6.41. The van der Waals surface area contributed by atoms with Gasteiger partial charge in [0.1, 0.15) is 5.84 Å². The minimum Gasteiger partial charge on any atom is -0.386 e. The molecule has 0 spiro atoms. The number of fused-ring (bicyclic) bond motifs is 1. The standard InChI is InChI=1S/C18H17Cl2N3/c1-10(2)11-3-5-12(6-4-11)17-16-13(19)7-8-14(20)18(16)23-15(21)9-22-17/h3-8,10H,9H2,1-2H3,(H2,21,23). The van der Waals surface area contributed by atoms with Crippen LogP contribution >= 0.6 is 23.2 Å². The Morgan fingerprint density at radius 2 is 1.65 bits per heavy atom. The molecule has 0 saturated heterocycles. The summed E-state index contributed by atoms with van der Waals surface area (Å²) < 4.78 is 0. The molecule has 1 heterocycles. The molecule has 0 radical (unpaired) electrons. The normalized spacial score (nSPS) is 14.1. The molecule has 0 aromatic heterocycles. The Morgan fingerprint density at radius 1 is 1.00 bits per heavy atom. The van der Waals surface area contributed by atoms with Crippen molar-refractivity contribution in [3.05, 3.63) is 63.1 Å². The second-order valence-corrected chi connectivity index (χ2v) is 6.61. The van der Waals surface area contributed by atoms with Crippen molar-refractivity contribution in [3.8, 4) is 0 Å². The third kappa shape index (κ3) is 3.12. The maximum Gasteiger partial charge on any atom is 0.121 e. The van der Waals surface area contributed by atoms with Crippen LogP contribution in [-0.4, -0.2) is 18.1 Å². The SMILES string of the molecule is CC(C)c1ccc(C2=NCC(N)=Nc3c(Cl)ccc(Cl)c32)cc1. The lowest BCUT2D eigenvalue weighted by Crippen LogP contribution is -2.14. The highest BCUT2D eigenvalue weighted by Gasteiger charge is 2.21. The first-order valence-electron chi connectivity index (χ1n) is 7.43. The molecule has 2 aromatic rings. The largest absolute Gasteiger partial charge is 0.386 e. The Kier molecular flexibility index (Phi) is 4.42. The highest BCUT2D eigenvalue weighted by atomic mass is 35.5. The highest BCUT2D eigenvalue weighted by Crippen LogP contribution is 2.37. The molecule has 0 atom stereocenters. The second-order valence-electron chi connectivity index (χ2n) is 5.80. The van der Waals surface area contributed by atoms with Gasteiger partial charge in [0.05, 0.1) is 28.0 Å². The van der Waals surface area contributed by atoms with E-state index in [1.807, 2.05) is 0 Å². The van der Waals surface area contributed by atoms with Crippen LogP contribution in [0.2, 0.25) is 10.0 Å². The first kappa shape index (κ1) is 16.0.